The third-order valence-electron chi connectivity index (χ3n) is 2.91. The predicted octanol–water partition coefficient (Wildman–Crippen LogP) is 1.82. The number of hydrogen-bond donors (Lipinski definition) is 0. The van der Waals surface area contributed by atoms with E-state index in [0.717, 1.165) is 11.0 Å². The maximum absolute atomic E-state index is 5.02. The van der Waals surface area contributed by atoms with Crippen LogP contribution in [0, 0.1) is 36.0 Å². The molecular formula is C17H27N2+. The van der Waals surface area contributed by atoms with Crippen molar-refractivity contribution < 1.29 is 4.48 Å². The van der Waals surface area contributed by atoms with Gasteiger partial charge in [0, 0.05) is 0 Å². The molecule has 0 aromatic heterocycles. The molecule has 104 valence electrons. The van der Waals surface area contributed by atoms with Crippen molar-refractivity contribution in [1.29, 1.82) is 0 Å². The summed E-state index contributed by atoms with van der Waals surface area (Å²) in [6.07, 6.45) is 10.2. The van der Waals surface area contributed by atoms with Crippen molar-refractivity contribution in [2.45, 2.75) is 25.7 Å². The summed E-state index contributed by atoms with van der Waals surface area (Å²) in [5, 5.41) is 0. The Bertz CT molecular complexity index is 391. The highest BCUT2D eigenvalue weighted by Crippen LogP contribution is 2.05. The molecule has 2 nitrogen and oxygen atoms in total. The van der Waals surface area contributed by atoms with E-state index in [2.05, 4.69) is 62.7 Å². The summed E-state index contributed by atoms with van der Waals surface area (Å²) in [4.78, 5) is 2.24. The van der Waals surface area contributed by atoms with E-state index in [0.29, 0.717) is 0 Å². The maximum atomic E-state index is 5.02. The molecule has 0 aliphatic carbocycles. The van der Waals surface area contributed by atoms with Gasteiger partial charge < -0.3 is 9.38 Å². The van der Waals surface area contributed by atoms with Gasteiger partial charge in [-0.1, -0.05) is 6.42 Å². The van der Waals surface area contributed by atoms with E-state index in [9.17, 15) is 0 Å². The van der Waals surface area contributed by atoms with Crippen LogP contribution in [0.15, 0.2) is 0 Å². The summed E-state index contributed by atoms with van der Waals surface area (Å²) in [6, 6.07) is 0. The van der Waals surface area contributed by atoms with Gasteiger partial charge in [-0.25, -0.2) is 0 Å². The Labute approximate surface area is 119 Å². The molecule has 0 bridgehead atoms. The molecule has 2 heteroatoms. The normalized spacial score (nSPS) is 10.1. The first-order chi connectivity index (χ1) is 8.98. The maximum Gasteiger partial charge on any atom is 0.141 e. The second kappa shape index (κ2) is 10.5. The SMILES string of the molecule is C#CC#CC#CC[N+](C)(C)CCCCCCN(C)C. The second-order valence-electron chi connectivity index (χ2n) is 5.73. The molecule has 0 unspecified atom stereocenters. The molecule has 0 saturated carbocycles. The first-order valence-electron chi connectivity index (χ1n) is 6.88. The van der Waals surface area contributed by atoms with Crippen molar-refractivity contribution in [3.05, 3.63) is 0 Å². The highest BCUT2D eigenvalue weighted by atomic mass is 15.3. The van der Waals surface area contributed by atoms with E-state index < -0.39 is 0 Å². The van der Waals surface area contributed by atoms with Crippen molar-refractivity contribution in [2.75, 3.05) is 47.8 Å². The van der Waals surface area contributed by atoms with Crippen molar-refractivity contribution in [3.63, 3.8) is 0 Å². The van der Waals surface area contributed by atoms with Crippen molar-refractivity contribution in [3.8, 4) is 36.0 Å². The molecule has 0 atom stereocenters. The van der Waals surface area contributed by atoms with Gasteiger partial charge in [0.25, 0.3) is 0 Å². The Morgan fingerprint density at radius 3 is 2.26 bits per heavy atom. The van der Waals surface area contributed by atoms with E-state index in [1.807, 2.05) is 0 Å². The third-order valence-corrected chi connectivity index (χ3v) is 2.91. The van der Waals surface area contributed by atoms with Crippen molar-refractivity contribution >= 4 is 0 Å². The van der Waals surface area contributed by atoms with Crippen LogP contribution in [0.3, 0.4) is 0 Å². The lowest BCUT2D eigenvalue weighted by molar-refractivity contribution is -0.883. The second-order valence-corrected chi connectivity index (χ2v) is 5.73. The van der Waals surface area contributed by atoms with Gasteiger partial charge in [0.1, 0.15) is 6.54 Å². The summed E-state index contributed by atoms with van der Waals surface area (Å²) in [5.74, 6) is 13.3. The van der Waals surface area contributed by atoms with Crippen LogP contribution in [-0.2, 0) is 0 Å². The number of nitrogens with zero attached hydrogens (tertiary/aromatic N) is 2. The molecule has 0 rings (SSSR count). The fourth-order valence-electron chi connectivity index (χ4n) is 1.77. The predicted molar refractivity (Wildman–Crippen MR) is 83.2 cm³/mol. The van der Waals surface area contributed by atoms with Crippen LogP contribution in [0.25, 0.3) is 0 Å². The number of quaternary nitrogens is 1. The van der Waals surface area contributed by atoms with Crippen LogP contribution in [0.2, 0.25) is 0 Å². The average molecular weight is 259 g/mol. The third kappa shape index (κ3) is 12.8. The van der Waals surface area contributed by atoms with Crippen LogP contribution in [-0.4, -0.2) is 57.2 Å². The van der Waals surface area contributed by atoms with E-state index in [1.165, 1.54) is 38.8 Å². The van der Waals surface area contributed by atoms with Crippen molar-refractivity contribution in [1.82, 2.24) is 4.90 Å². The van der Waals surface area contributed by atoms with Crippen LogP contribution in [0.1, 0.15) is 25.7 Å². The Morgan fingerprint density at radius 1 is 0.947 bits per heavy atom. The van der Waals surface area contributed by atoms with Crippen molar-refractivity contribution in [2.24, 2.45) is 0 Å². The van der Waals surface area contributed by atoms with E-state index >= 15 is 0 Å². The summed E-state index contributed by atoms with van der Waals surface area (Å²) in [5.41, 5.74) is 0. The van der Waals surface area contributed by atoms with Gasteiger partial charge in [0.15, 0.2) is 0 Å². The molecule has 0 aromatic carbocycles. The summed E-state index contributed by atoms with van der Waals surface area (Å²) >= 11 is 0. The average Bonchev–Trinajstić information content (AvgIpc) is 2.33. The molecule has 0 aliphatic heterocycles. The van der Waals surface area contributed by atoms with Crippen LogP contribution in [0.5, 0.6) is 0 Å². The topological polar surface area (TPSA) is 3.24 Å². The highest BCUT2D eigenvalue weighted by Gasteiger charge is 2.11. The summed E-state index contributed by atoms with van der Waals surface area (Å²) in [6.45, 7) is 3.19. The van der Waals surface area contributed by atoms with Gasteiger partial charge in [0.2, 0.25) is 0 Å². The molecule has 0 radical (unpaired) electrons. The quantitative estimate of drug-likeness (QED) is 0.365. The minimum atomic E-state index is 0.830. The van der Waals surface area contributed by atoms with E-state index in [4.69, 9.17) is 6.42 Å². The fraction of sp³-hybridized carbons (Fsp3) is 0.647. The molecule has 0 heterocycles. The lowest BCUT2D eigenvalue weighted by atomic mass is 10.1. The Morgan fingerprint density at radius 2 is 1.63 bits per heavy atom. The lowest BCUT2D eigenvalue weighted by Crippen LogP contribution is -2.40. The monoisotopic (exact) mass is 259 g/mol. The van der Waals surface area contributed by atoms with Crippen LogP contribution >= 0.6 is 0 Å². The molecule has 0 aromatic rings. The number of terminal acetylenes is 1. The smallest absolute Gasteiger partial charge is 0.141 e. The lowest BCUT2D eigenvalue weighted by Gasteiger charge is -2.27. The summed E-state index contributed by atoms with van der Waals surface area (Å²) in [7, 11) is 8.68. The number of rotatable bonds is 8. The molecule has 19 heavy (non-hydrogen) atoms. The number of unbranched alkanes of at least 4 members (excludes halogenated alkanes) is 3. The number of hydrogen-bond acceptors (Lipinski definition) is 1. The van der Waals surface area contributed by atoms with Gasteiger partial charge in [0.05, 0.1) is 20.6 Å². The minimum absolute atomic E-state index is 0.830. The van der Waals surface area contributed by atoms with Gasteiger partial charge in [-0.05, 0) is 69.5 Å². The zero-order valence-corrected chi connectivity index (χ0v) is 12.9. The van der Waals surface area contributed by atoms with Gasteiger partial charge in [-0.3, -0.25) is 0 Å². The molecule has 0 saturated heterocycles. The fourth-order valence-corrected chi connectivity index (χ4v) is 1.77. The van der Waals surface area contributed by atoms with Gasteiger partial charge in [-0.15, -0.1) is 6.42 Å². The zero-order valence-electron chi connectivity index (χ0n) is 12.9. The largest absolute Gasteiger partial charge is 0.318 e. The molecule has 0 aliphatic rings. The first kappa shape index (κ1) is 17.6. The Hall–Kier alpha value is -1.40. The Kier molecular flexibility index (Phi) is 9.74. The van der Waals surface area contributed by atoms with Gasteiger partial charge in [-0.2, -0.15) is 0 Å². The Balaban J connectivity index is 3.72. The molecule has 0 amide bonds. The minimum Gasteiger partial charge on any atom is -0.318 e. The van der Waals surface area contributed by atoms with E-state index in [-0.39, 0.29) is 0 Å². The highest BCUT2D eigenvalue weighted by molar-refractivity contribution is 5.33. The van der Waals surface area contributed by atoms with Crippen LogP contribution < -0.4 is 0 Å². The standard InChI is InChI=1S/C17H27N2/c1-6-7-8-10-13-16-19(4,5)17-14-11-9-12-15-18(2)3/h1H,9,11-12,14-17H2,2-5H3/q+1. The first-order valence-corrected chi connectivity index (χ1v) is 6.88. The van der Waals surface area contributed by atoms with Crippen LogP contribution in [0.4, 0.5) is 0 Å². The van der Waals surface area contributed by atoms with E-state index in [1.54, 1.807) is 0 Å². The molecule has 0 N–H and O–H groups in total. The summed E-state index contributed by atoms with van der Waals surface area (Å²) < 4.78 is 0.929. The molecular weight excluding hydrogens is 232 g/mol. The molecule has 0 spiro atoms. The molecule has 0 fully saturated rings. The van der Waals surface area contributed by atoms with Gasteiger partial charge >= 0.3 is 0 Å². The zero-order chi connectivity index (χ0) is 14.6.